The normalized spacial score (nSPS) is 15.3. The van der Waals surface area contributed by atoms with Crippen LogP contribution in [0.25, 0.3) is 21.8 Å². The predicted molar refractivity (Wildman–Crippen MR) is 151 cm³/mol. The van der Waals surface area contributed by atoms with Crippen molar-refractivity contribution in [3.05, 3.63) is 103 Å². The van der Waals surface area contributed by atoms with Gasteiger partial charge in [0.15, 0.2) is 6.10 Å². The van der Waals surface area contributed by atoms with Crippen LogP contribution in [-0.4, -0.2) is 31.5 Å². The van der Waals surface area contributed by atoms with Gasteiger partial charge in [-0.1, -0.05) is 60.7 Å². The topological polar surface area (TPSA) is 80.6 Å². The van der Waals surface area contributed by atoms with Gasteiger partial charge in [-0.15, -0.1) is 0 Å². The number of rotatable bonds is 6. The fourth-order valence-corrected chi connectivity index (χ4v) is 6.74. The Morgan fingerprint density at radius 3 is 2.42 bits per heavy atom. The van der Waals surface area contributed by atoms with E-state index in [-0.39, 0.29) is 12.3 Å². The number of aromatic nitrogens is 1. The summed E-state index contributed by atoms with van der Waals surface area (Å²) in [6, 6.07) is 29.9. The highest BCUT2D eigenvalue weighted by Gasteiger charge is 2.36. The number of amides is 1. The molecule has 1 aliphatic rings. The Bertz CT molecular complexity index is 1760. The number of carbonyl (C=O) groups excluding carboxylic acids is 1. The Kier molecular flexibility index (Phi) is 6.04. The maximum Gasteiger partial charge on any atom is 0.267 e. The van der Waals surface area contributed by atoms with Gasteiger partial charge in [0.2, 0.25) is 10.0 Å². The maximum atomic E-state index is 13.5. The van der Waals surface area contributed by atoms with E-state index in [1.807, 2.05) is 48.5 Å². The number of anilines is 2. The number of nitrogens with zero attached hydrogens (tertiary/aromatic N) is 2. The Morgan fingerprint density at radius 1 is 0.895 bits per heavy atom. The van der Waals surface area contributed by atoms with Crippen LogP contribution in [0.5, 0.6) is 5.75 Å². The van der Waals surface area contributed by atoms with E-state index in [4.69, 9.17) is 4.74 Å². The van der Waals surface area contributed by atoms with Crippen molar-refractivity contribution >= 4 is 49.1 Å². The molecule has 1 aromatic heterocycles. The predicted octanol–water partition coefficient (Wildman–Crippen LogP) is 5.55. The van der Waals surface area contributed by atoms with Crippen LogP contribution in [0.15, 0.2) is 97.1 Å². The van der Waals surface area contributed by atoms with Gasteiger partial charge in [-0.3, -0.25) is 9.10 Å². The lowest BCUT2D eigenvalue weighted by Gasteiger charge is -2.34. The summed E-state index contributed by atoms with van der Waals surface area (Å²) in [4.78, 5) is 13.4. The van der Waals surface area contributed by atoms with Gasteiger partial charge in [0, 0.05) is 34.0 Å². The largest absolute Gasteiger partial charge is 0.476 e. The second kappa shape index (κ2) is 9.54. The zero-order chi connectivity index (χ0) is 26.3. The summed E-state index contributed by atoms with van der Waals surface area (Å²) in [6.45, 7) is 2.82. The molecule has 38 heavy (non-hydrogen) atoms. The van der Waals surface area contributed by atoms with E-state index < -0.39 is 22.0 Å². The van der Waals surface area contributed by atoms with Crippen LogP contribution in [0.2, 0.25) is 0 Å². The number of para-hydroxylation sites is 3. The molecule has 0 spiro atoms. The van der Waals surface area contributed by atoms with E-state index in [1.54, 1.807) is 36.4 Å². The fraction of sp³-hybridized carbons (Fsp3) is 0.167. The second-order valence-electron chi connectivity index (χ2n) is 9.33. The number of benzene rings is 4. The van der Waals surface area contributed by atoms with Gasteiger partial charge in [0.05, 0.1) is 18.0 Å². The SMILES string of the molecule is CCn1c2ccccc2c2cc(NC(=O)[C@@H]3CN(S(=O)(=O)Cc4ccccc4)c4ccccc4O3)ccc21. The van der Waals surface area contributed by atoms with Crippen molar-refractivity contribution in [3.63, 3.8) is 0 Å². The van der Waals surface area contributed by atoms with E-state index >= 15 is 0 Å². The Balaban J connectivity index is 1.30. The third kappa shape index (κ3) is 4.26. The summed E-state index contributed by atoms with van der Waals surface area (Å²) in [5.41, 5.74) is 3.97. The minimum atomic E-state index is -3.77. The summed E-state index contributed by atoms with van der Waals surface area (Å²) in [5, 5.41) is 5.11. The molecule has 0 bridgehead atoms. The molecule has 0 saturated carbocycles. The minimum absolute atomic E-state index is 0.116. The van der Waals surface area contributed by atoms with E-state index in [9.17, 15) is 13.2 Å². The summed E-state index contributed by atoms with van der Waals surface area (Å²) >= 11 is 0. The van der Waals surface area contributed by atoms with Gasteiger partial charge in [0.1, 0.15) is 5.75 Å². The first kappa shape index (κ1) is 24.1. The van der Waals surface area contributed by atoms with E-state index in [0.29, 0.717) is 22.7 Å². The number of ether oxygens (including phenoxy) is 1. The first-order chi connectivity index (χ1) is 18.4. The summed E-state index contributed by atoms with van der Waals surface area (Å²) < 4.78 is 36.5. The van der Waals surface area contributed by atoms with Crippen LogP contribution in [-0.2, 0) is 27.1 Å². The van der Waals surface area contributed by atoms with E-state index in [1.165, 1.54) is 4.31 Å². The lowest BCUT2D eigenvalue weighted by atomic mass is 10.1. The van der Waals surface area contributed by atoms with E-state index in [0.717, 1.165) is 28.4 Å². The minimum Gasteiger partial charge on any atom is -0.476 e. The maximum absolute atomic E-state index is 13.5. The number of fused-ring (bicyclic) bond motifs is 4. The molecule has 0 unspecified atom stereocenters. The van der Waals surface area contributed by atoms with Crippen molar-refractivity contribution in [1.29, 1.82) is 0 Å². The van der Waals surface area contributed by atoms with Crippen LogP contribution >= 0.6 is 0 Å². The van der Waals surface area contributed by atoms with Crippen LogP contribution in [0.1, 0.15) is 12.5 Å². The van der Waals surface area contributed by atoms with Crippen molar-refractivity contribution in [2.75, 3.05) is 16.2 Å². The quantitative estimate of drug-likeness (QED) is 0.315. The molecule has 1 amide bonds. The highest BCUT2D eigenvalue weighted by Crippen LogP contribution is 2.36. The van der Waals surface area contributed by atoms with Gasteiger partial charge in [-0.2, -0.15) is 0 Å². The van der Waals surface area contributed by atoms with Crippen molar-refractivity contribution in [3.8, 4) is 5.75 Å². The molecule has 8 heteroatoms. The van der Waals surface area contributed by atoms with Crippen LogP contribution in [0.3, 0.4) is 0 Å². The molecule has 0 radical (unpaired) electrons. The number of hydrogen-bond acceptors (Lipinski definition) is 4. The average Bonchev–Trinajstić information content (AvgIpc) is 3.25. The van der Waals surface area contributed by atoms with Crippen molar-refractivity contribution in [1.82, 2.24) is 4.57 Å². The number of hydrogen-bond donors (Lipinski definition) is 1. The Hall–Kier alpha value is -4.30. The number of carbonyl (C=O) groups is 1. The van der Waals surface area contributed by atoms with Gasteiger partial charge in [-0.25, -0.2) is 8.42 Å². The van der Waals surface area contributed by atoms with Crippen LogP contribution < -0.4 is 14.4 Å². The van der Waals surface area contributed by atoms with Crippen molar-refractivity contribution < 1.29 is 17.9 Å². The average molecular weight is 526 g/mol. The van der Waals surface area contributed by atoms with Crippen molar-refractivity contribution in [2.24, 2.45) is 0 Å². The zero-order valence-electron chi connectivity index (χ0n) is 20.9. The first-order valence-corrected chi connectivity index (χ1v) is 14.2. The molecule has 5 aromatic rings. The molecule has 2 heterocycles. The number of nitrogens with one attached hydrogen (secondary N) is 1. The summed E-state index contributed by atoms with van der Waals surface area (Å²) in [5.74, 6) is -0.218. The third-order valence-electron chi connectivity index (χ3n) is 6.91. The van der Waals surface area contributed by atoms with Gasteiger partial charge >= 0.3 is 0 Å². The Morgan fingerprint density at radius 2 is 1.61 bits per heavy atom. The molecular weight excluding hydrogens is 498 g/mol. The molecule has 0 fully saturated rings. The lowest BCUT2D eigenvalue weighted by molar-refractivity contribution is -0.122. The van der Waals surface area contributed by atoms with Crippen LogP contribution in [0, 0.1) is 0 Å². The smallest absolute Gasteiger partial charge is 0.267 e. The first-order valence-electron chi connectivity index (χ1n) is 12.6. The highest BCUT2D eigenvalue weighted by molar-refractivity contribution is 7.92. The van der Waals surface area contributed by atoms with Crippen LogP contribution in [0.4, 0.5) is 11.4 Å². The third-order valence-corrected chi connectivity index (χ3v) is 8.63. The number of sulfonamides is 1. The summed E-state index contributed by atoms with van der Waals surface area (Å²) in [6.07, 6.45) is -1.01. The second-order valence-corrected chi connectivity index (χ2v) is 11.2. The monoisotopic (exact) mass is 525 g/mol. The molecule has 0 aliphatic carbocycles. The molecule has 1 aliphatic heterocycles. The molecule has 7 nitrogen and oxygen atoms in total. The molecule has 6 rings (SSSR count). The lowest BCUT2D eigenvalue weighted by Crippen LogP contribution is -2.49. The fourth-order valence-electron chi connectivity index (χ4n) is 5.16. The summed E-state index contributed by atoms with van der Waals surface area (Å²) in [7, 11) is -3.77. The van der Waals surface area contributed by atoms with Crippen molar-refractivity contribution in [2.45, 2.75) is 25.3 Å². The molecule has 4 aromatic carbocycles. The zero-order valence-corrected chi connectivity index (χ0v) is 21.7. The highest BCUT2D eigenvalue weighted by atomic mass is 32.2. The number of aryl methyl sites for hydroxylation is 1. The standard InChI is InChI=1S/C30H27N3O4S/c1-2-32-25-13-7-6-12-23(25)24-18-22(16-17-26(24)32)31-30(34)29-19-33(27-14-8-9-15-28(27)37-29)38(35,36)20-21-10-4-3-5-11-21/h3-18,29H,2,19-20H2,1H3,(H,31,34)/t29-/m0/s1. The molecular formula is C30H27N3O4S. The van der Waals surface area contributed by atoms with E-state index in [2.05, 4.69) is 28.9 Å². The Labute approximate surface area is 221 Å². The molecule has 192 valence electrons. The van der Waals surface area contributed by atoms with Gasteiger partial charge < -0.3 is 14.6 Å². The molecule has 0 saturated heterocycles. The molecule has 1 atom stereocenters. The van der Waals surface area contributed by atoms with Gasteiger partial charge in [0.25, 0.3) is 5.91 Å². The van der Waals surface area contributed by atoms with Gasteiger partial charge in [-0.05, 0) is 48.9 Å². The molecule has 1 N–H and O–H groups in total.